The van der Waals surface area contributed by atoms with E-state index in [-0.39, 0.29) is 11.8 Å². The van der Waals surface area contributed by atoms with Gasteiger partial charge in [0.05, 0.1) is 14.4 Å². The smallest absolute Gasteiger partial charge is 0.265 e. The number of ether oxygens (including phenoxy) is 1. The molecule has 108 valence electrons. The van der Waals surface area contributed by atoms with E-state index in [0.717, 1.165) is 3.79 Å². The molecule has 21 heavy (non-hydrogen) atoms. The summed E-state index contributed by atoms with van der Waals surface area (Å²) in [6.07, 6.45) is -0.513. The van der Waals surface area contributed by atoms with E-state index in [1.54, 1.807) is 31.2 Å². The minimum Gasteiger partial charge on any atom is -0.479 e. The van der Waals surface area contributed by atoms with Crippen molar-refractivity contribution in [1.82, 2.24) is 0 Å². The Balaban J connectivity index is 1.80. The maximum absolute atomic E-state index is 12.1. The van der Waals surface area contributed by atoms with E-state index in [0.29, 0.717) is 22.0 Å². The molecule has 1 aliphatic heterocycles. The summed E-state index contributed by atoms with van der Waals surface area (Å²) < 4.78 is 6.36. The molecule has 2 heterocycles. The van der Waals surface area contributed by atoms with Crippen LogP contribution in [0, 0.1) is 0 Å². The molecule has 1 atom stereocenters. The predicted octanol–water partition coefficient (Wildman–Crippen LogP) is 3.48. The minimum atomic E-state index is -0.513. The number of anilines is 2. The molecule has 0 radical (unpaired) electrons. The molecule has 1 aromatic carbocycles. The van der Waals surface area contributed by atoms with Crippen molar-refractivity contribution in [3.63, 3.8) is 0 Å². The van der Waals surface area contributed by atoms with Crippen molar-refractivity contribution in [2.75, 3.05) is 10.6 Å². The van der Waals surface area contributed by atoms with E-state index in [4.69, 9.17) is 4.74 Å². The molecule has 5 nitrogen and oxygen atoms in total. The van der Waals surface area contributed by atoms with Crippen molar-refractivity contribution in [3.05, 3.63) is 39.0 Å². The minimum absolute atomic E-state index is 0.193. The Morgan fingerprint density at radius 3 is 2.90 bits per heavy atom. The monoisotopic (exact) mass is 366 g/mol. The Morgan fingerprint density at radius 1 is 1.38 bits per heavy atom. The van der Waals surface area contributed by atoms with Crippen LogP contribution in [0.5, 0.6) is 5.75 Å². The van der Waals surface area contributed by atoms with Crippen LogP contribution < -0.4 is 15.4 Å². The van der Waals surface area contributed by atoms with E-state index in [1.807, 2.05) is 6.07 Å². The zero-order valence-corrected chi connectivity index (χ0v) is 13.4. The number of halogens is 1. The Hall–Kier alpha value is -1.86. The SMILES string of the molecule is CC1Oc2ccc(NC(=O)c3ccc(Br)s3)cc2NC1=O. The summed E-state index contributed by atoms with van der Waals surface area (Å²) in [5, 5.41) is 5.54. The summed E-state index contributed by atoms with van der Waals surface area (Å²) in [4.78, 5) is 24.3. The number of carbonyl (C=O) groups excluding carboxylic acids is 2. The van der Waals surface area contributed by atoms with Gasteiger partial charge < -0.3 is 15.4 Å². The van der Waals surface area contributed by atoms with Gasteiger partial charge in [0.2, 0.25) is 0 Å². The average Bonchev–Trinajstić information content (AvgIpc) is 2.87. The van der Waals surface area contributed by atoms with Gasteiger partial charge in [-0.05, 0) is 53.2 Å². The molecule has 0 aliphatic carbocycles. The standard InChI is InChI=1S/C14H11BrN2O3S/c1-7-13(18)17-9-6-8(2-3-10(9)20-7)16-14(19)11-4-5-12(15)21-11/h2-7H,1H3,(H,16,19)(H,17,18). The van der Waals surface area contributed by atoms with E-state index < -0.39 is 6.10 Å². The van der Waals surface area contributed by atoms with Gasteiger partial charge in [0.1, 0.15) is 5.75 Å². The van der Waals surface area contributed by atoms with Crippen LogP contribution in [-0.2, 0) is 4.79 Å². The highest BCUT2D eigenvalue weighted by Gasteiger charge is 2.23. The van der Waals surface area contributed by atoms with Gasteiger partial charge in [-0.3, -0.25) is 9.59 Å². The van der Waals surface area contributed by atoms with Gasteiger partial charge >= 0.3 is 0 Å². The summed E-state index contributed by atoms with van der Waals surface area (Å²) in [7, 11) is 0. The summed E-state index contributed by atoms with van der Waals surface area (Å²) in [5.41, 5.74) is 1.16. The first-order valence-corrected chi connectivity index (χ1v) is 7.82. The molecule has 0 saturated carbocycles. The first-order valence-electron chi connectivity index (χ1n) is 6.21. The van der Waals surface area contributed by atoms with E-state index >= 15 is 0 Å². The lowest BCUT2D eigenvalue weighted by atomic mass is 10.2. The van der Waals surface area contributed by atoms with Crippen molar-refractivity contribution in [1.29, 1.82) is 0 Å². The van der Waals surface area contributed by atoms with Crippen molar-refractivity contribution < 1.29 is 14.3 Å². The van der Waals surface area contributed by atoms with Crippen LogP contribution in [0.15, 0.2) is 34.1 Å². The third-order valence-electron chi connectivity index (χ3n) is 2.97. The number of hydrogen-bond donors (Lipinski definition) is 2. The van der Waals surface area contributed by atoms with Crippen LogP contribution in [0.25, 0.3) is 0 Å². The Kier molecular flexibility index (Phi) is 3.69. The molecule has 0 fully saturated rings. The molecule has 2 aromatic rings. The number of benzene rings is 1. The molecule has 0 bridgehead atoms. The average molecular weight is 367 g/mol. The molecule has 1 aliphatic rings. The molecule has 7 heteroatoms. The Labute approximate surface area is 133 Å². The fraction of sp³-hybridized carbons (Fsp3) is 0.143. The van der Waals surface area contributed by atoms with Gasteiger partial charge in [0.25, 0.3) is 11.8 Å². The molecule has 2 amide bonds. The lowest BCUT2D eigenvalue weighted by molar-refractivity contribution is -0.122. The van der Waals surface area contributed by atoms with Gasteiger partial charge in [0, 0.05) is 5.69 Å². The first-order chi connectivity index (χ1) is 10.0. The van der Waals surface area contributed by atoms with Gasteiger partial charge in [-0.2, -0.15) is 0 Å². The van der Waals surface area contributed by atoms with Gasteiger partial charge in [-0.1, -0.05) is 0 Å². The van der Waals surface area contributed by atoms with Crippen LogP contribution in [0.2, 0.25) is 0 Å². The third kappa shape index (κ3) is 2.93. The second-order valence-corrected chi connectivity index (χ2v) is 6.98. The topological polar surface area (TPSA) is 67.4 Å². The maximum atomic E-state index is 12.1. The quantitative estimate of drug-likeness (QED) is 0.854. The maximum Gasteiger partial charge on any atom is 0.265 e. The van der Waals surface area contributed by atoms with Crippen LogP contribution >= 0.6 is 27.3 Å². The number of fused-ring (bicyclic) bond motifs is 1. The second kappa shape index (κ2) is 5.50. The predicted molar refractivity (Wildman–Crippen MR) is 85.1 cm³/mol. The number of carbonyl (C=O) groups is 2. The highest BCUT2D eigenvalue weighted by molar-refractivity contribution is 9.11. The molecule has 1 aromatic heterocycles. The molecular weight excluding hydrogens is 356 g/mol. The number of amides is 2. The molecular formula is C14H11BrN2O3S. The lowest BCUT2D eigenvalue weighted by Gasteiger charge is -2.23. The van der Waals surface area contributed by atoms with Crippen LogP contribution in [-0.4, -0.2) is 17.9 Å². The van der Waals surface area contributed by atoms with Crippen molar-refractivity contribution in [3.8, 4) is 5.75 Å². The zero-order chi connectivity index (χ0) is 15.0. The lowest BCUT2D eigenvalue weighted by Crippen LogP contribution is -2.34. The molecule has 0 saturated heterocycles. The Morgan fingerprint density at radius 2 is 2.19 bits per heavy atom. The molecule has 2 N–H and O–H groups in total. The summed E-state index contributed by atoms with van der Waals surface area (Å²) in [5.74, 6) is 0.203. The van der Waals surface area contributed by atoms with Crippen LogP contribution in [0.4, 0.5) is 11.4 Å². The van der Waals surface area contributed by atoms with Crippen molar-refractivity contribution in [2.45, 2.75) is 13.0 Å². The summed E-state index contributed by atoms with van der Waals surface area (Å²) >= 11 is 4.68. The number of nitrogens with one attached hydrogen (secondary N) is 2. The van der Waals surface area contributed by atoms with Gasteiger partial charge in [-0.25, -0.2) is 0 Å². The highest BCUT2D eigenvalue weighted by Crippen LogP contribution is 2.32. The first kappa shape index (κ1) is 14.1. The number of thiophene rings is 1. The molecule has 3 rings (SSSR count). The molecule has 0 spiro atoms. The van der Waals surface area contributed by atoms with Gasteiger partial charge in [-0.15, -0.1) is 11.3 Å². The van der Waals surface area contributed by atoms with Crippen LogP contribution in [0.1, 0.15) is 16.6 Å². The van der Waals surface area contributed by atoms with Crippen molar-refractivity contribution >= 4 is 50.5 Å². The van der Waals surface area contributed by atoms with Gasteiger partial charge in [0.15, 0.2) is 6.10 Å². The normalized spacial score (nSPS) is 16.7. The zero-order valence-electron chi connectivity index (χ0n) is 11.0. The third-order valence-corrected chi connectivity index (χ3v) is 4.59. The van der Waals surface area contributed by atoms with Crippen molar-refractivity contribution in [2.24, 2.45) is 0 Å². The fourth-order valence-corrected chi connectivity index (χ4v) is 3.20. The van der Waals surface area contributed by atoms with Crippen LogP contribution in [0.3, 0.4) is 0 Å². The Bertz CT molecular complexity index is 729. The van der Waals surface area contributed by atoms with E-state index in [9.17, 15) is 9.59 Å². The van der Waals surface area contributed by atoms with E-state index in [1.165, 1.54) is 11.3 Å². The summed E-state index contributed by atoms with van der Waals surface area (Å²) in [6, 6.07) is 8.71. The number of hydrogen-bond acceptors (Lipinski definition) is 4. The largest absolute Gasteiger partial charge is 0.479 e. The van der Waals surface area contributed by atoms with E-state index in [2.05, 4.69) is 26.6 Å². The fourth-order valence-electron chi connectivity index (χ4n) is 1.92. The molecule has 1 unspecified atom stereocenters. The highest BCUT2D eigenvalue weighted by atomic mass is 79.9. The summed E-state index contributed by atoms with van der Waals surface area (Å²) in [6.45, 7) is 1.68. The number of rotatable bonds is 2. The second-order valence-electron chi connectivity index (χ2n) is 4.52.